The Balaban J connectivity index is 2.39. The molecule has 49 heavy (non-hydrogen) atoms. The quantitative estimate of drug-likeness (QED) is 0.0307. The van der Waals surface area contributed by atoms with E-state index in [9.17, 15) is 30.3 Å². The number of nitrogens with one attached hydrogen (secondary N) is 1. The maximum Gasteiger partial charge on any atom is 0.220 e. The van der Waals surface area contributed by atoms with Gasteiger partial charge in [0.05, 0.1) is 25.4 Å². The molecule has 1 fully saturated rings. The number of ether oxygens (including phenoxy) is 2. The molecule has 0 aliphatic carbocycles. The Hall–Kier alpha value is -1.07. The molecule has 0 aromatic carbocycles. The van der Waals surface area contributed by atoms with Crippen molar-refractivity contribution in [2.24, 2.45) is 0 Å². The summed E-state index contributed by atoms with van der Waals surface area (Å²) in [7, 11) is 0. The maximum atomic E-state index is 12.8. The Kier molecular flexibility index (Phi) is 29.7. The van der Waals surface area contributed by atoms with E-state index in [2.05, 4.69) is 19.2 Å². The van der Waals surface area contributed by atoms with E-state index in [0.29, 0.717) is 6.42 Å². The zero-order valence-electron chi connectivity index (χ0n) is 31.5. The largest absolute Gasteiger partial charge is 0.394 e. The standard InChI is InChI=1S/C40H77NO8/c1-3-5-7-9-11-13-14-15-16-17-18-19-20-22-23-25-27-29-34(43)33(32-48-40-39(47)38(46)37(45)35(31-42)49-40)41-36(44)30-28-26-24-21-12-10-8-6-4-2/h27,29,33-35,37-40,42-43,45-47H,3-26,28,30-32H2,1-2H3,(H,41,44)/b29-27+. The highest BCUT2D eigenvalue weighted by molar-refractivity contribution is 5.76. The van der Waals surface area contributed by atoms with Crippen molar-refractivity contribution in [2.75, 3.05) is 13.2 Å². The Morgan fingerprint density at radius 3 is 1.59 bits per heavy atom. The van der Waals surface area contributed by atoms with Crippen LogP contribution < -0.4 is 5.32 Å². The van der Waals surface area contributed by atoms with Gasteiger partial charge in [0.15, 0.2) is 6.29 Å². The molecule has 7 atom stereocenters. The lowest BCUT2D eigenvalue weighted by Crippen LogP contribution is -2.60. The van der Waals surface area contributed by atoms with Crippen LogP contribution >= 0.6 is 0 Å². The predicted molar refractivity (Wildman–Crippen MR) is 198 cm³/mol. The van der Waals surface area contributed by atoms with Crippen LogP contribution in [-0.2, 0) is 14.3 Å². The molecule has 0 aromatic heterocycles. The first-order valence-electron chi connectivity index (χ1n) is 20.4. The number of hydrogen-bond acceptors (Lipinski definition) is 8. The monoisotopic (exact) mass is 700 g/mol. The van der Waals surface area contributed by atoms with E-state index in [4.69, 9.17) is 9.47 Å². The Morgan fingerprint density at radius 1 is 0.673 bits per heavy atom. The minimum atomic E-state index is -1.56. The van der Waals surface area contributed by atoms with Crippen molar-refractivity contribution < 1.29 is 39.8 Å². The van der Waals surface area contributed by atoms with Crippen LogP contribution in [0, 0.1) is 0 Å². The lowest BCUT2D eigenvalue weighted by Gasteiger charge is -2.40. The average Bonchev–Trinajstić information content (AvgIpc) is 3.10. The summed E-state index contributed by atoms with van der Waals surface area (Å²) in [5.41, 5.74) is 0. The second-order valence-electron chi connectivity index (χ2n) is 14.4. The van der Waals surface area contributed by atoms with Crippen LogP contribution in [0.15, 0.2) is 12.2 Å². The lowest BCUT2D eigenvalue weighted by molar-refractivity contribution is -0.302. The molecule has 0 bridgehead atoms. The van der Waals surface area contributed by atoms with E-state index in [1.54, 1.807) is 6.08 Å². The minimum Gasteiger partial charge on any atom is -0.394 e. The molecule has 1 aliphatic heterocycles. The van der Waals surface area contributed by atoms with Crippen molar-refractivity contribution in [2.45, 2.75) is 224 Å². The highest BCUT2D eigenvalue weighted by Gasteiger charge is 2.44. The van der Waals surface area contributed by atoms with E-state index in [1.807, 2.05) is 6.08 Å². The number of unbranched alkanes of at least 4 members (excludes halogenated alkanes) is 23. The predicted octanol–water partition coefficient (Wildman–Crippen LogP) is 7.39. The van der Waals surface area contributed by atoms with Crippen molar-refractivity contribution in [1.29, 1.82) is 0 Å². The van der Waals surface area contributed by atoms with E-state index >= 15 is 0 Å². The number of carbonyl (C=O) groups excluding carboxylic acids is 1. The van der Waals surface area contributed by atoms with E-state index in [1.165, 1.54) is 122 Å². The Bertz CT molecular complexity index is 781. The average molecular weight is 700 g/mol. The zero-order chi connectivity index (χ0) is 36.0. The molecule has 7 unspecified atom stereocenters. The van der Waals surface area contributed by atoms with E-state index in [-0.39, 0.29) is 12.5 Å². The summed E-state index contributed by atoms with van der Waals surface area (Å²) in [6.07, 6.45) is 26.9. The number of hydrogen-bond donors (Lipinski definition) is 6. The van der Waals surface area contributed by atoms with Crippen LogP contribution in [0.2, 0.25) is 0 Å². The molecule has 1 amide bonds. The highest BCUT2D eigenvalue weighted by Crippen LogP contribution is 2.22. The molecular formula is C40H77NO8. The molecule has 9 heteroatoms. The third kappa shape index (κ3) is 23.2. The van der Waals surface area contributed by atoms with Crippen molar-refractivity contribution in [3.8, 4) is 0 Å². The number of aliphatic hydroxyl groups excluding tert-OH is 5. The zero-order valence-corrected chi connectivity index (χ0v) is 31.5. The van der Waals surface area contributed by atoms with Gasteiger partial charge >= 0.3 is 0 Å². The Labute approximate surface area is 299 Å². The fourth-order valence-electron chi connectivity index (χ4n) is 6.51. The first-order chi connectivity index (χ1) is 23.8. The molecule has 290 valence electrons. The summed E-state index contributed by atoms with van der Waals surface area (Å²) in [6.45, 7) is 3.74. The van der Waals surface area contributed by atoms with Gasteiger partial charge in [0, 0.05) is 6.42 Å². The third-order valence-corrected chi connectivity index (χ3v) is 9.86. The van der Waals surface area contributed by atoms with Crippen LogP contribution in [-0.4, -0.2) is 87.5 Å². The van der Waals surface area contributed by atoms with Gasteiger partial charge in [-0.05, 0) is 19.3 Å². The summed E-state index contributed by atoms with van der Waals surface area (Å²) in [5, 5.41) is 53.9. The summed E-state index contributed by atoms with van der Waals surface area (Å²) in [6, 6.07) is -0.796. The molecule has 1 aliphatic rings. The van der Waals surface area contributed by atoms with Gasteiger partial charge in [-0.15, -0.1) is 0 Å². The van der Waals surface area contributed by atoms with Crippen molar-refractivity contribution in [3.05, 3.63) is 12.2 Å². The van der Waals surface area contributed by atoms with Crippen molar-refractivity contribution in [3.63, 3.8) is 0 Å². The first-order valence-corrected chi connectivity index (χ1v) is 20.4. The number of carbonyl (C=O) groups is 1. The number of aliphatic hydroxyl groups is 5. The van der Waals surface area contributed by atoms with Gasteiger partial charge in [-0.3, -0.25) is 4.79 Å². The molecule has 0 spiro atoms. The van der Waals surface area contributed by atoms with Gasteiger partial charge in [0.25, 0.3) is 0 Å². The van der Waals surface area contributed by atoms with Crippen LogP contribution in [0.5, 0.6) is 0 Å². The van der Waals surface area contributed by atoms with Crippen LogP contribution in [0.4, 0.5) is 0 Å². The van der Waals surface area contributed by atoms with Crippen molar-refractivity contribution in [1.82, 2.24) is 5.32 Å². The molecule has 6 N–H and O–H groups in total. The van der Waals surface area contributed by atoms with Gasteiger partial charge < -0.3 is 40.3 Å². The van der Waals surface area contributed by atoms with Gasteiger partial charge in [-0.1, -0.05) is 167 Å². The SMILES string of the molecule is CCCCCCCCCCCCCCCCC/C=C/C(O)C(COC1OC(CO)C(O)C(O)C1O)NC(=O)CCCCCCCCCCC. The van der Waals surface area contributed by atoms with Gasteiger partial charge in [-0.25, -0.2) is 0 Å². The van der Waals surface area contributed by atoms with Crippen molar-refractivity contribution >= 4 is 5.91 Å². The van der Waals surface area contributed by atoms with E-state index in [0.717, 1.165) is 38.5 Å². The summed E-state index contributed by atoms with van der Waals surface area (Å²) in [5.74, 6) is -0.180. The number of rotatable bonds is 33. The summed E-state index contributed by atoms with van der Waals surface area (Å²) in [4.78, 5) is 12.8. The van der Waals surface area contributed by atoms with Gasteiger partial charge in [-0.2, -0.15) is 0 Å². The van der Waals surface area contributed by atoms with Crippen LogP contribution in [0.1, 0.15) is 181 Å². The number of allylic oxidation sites excluding steroid dienone is 1. The fourth-order valence-corrected chi connectivity index (χ4v) is 6.51. The minimum absolute atomic E-state index is 0.180. The fraction of sp³-hybridized carbons (Fsp3) is 0.925. The molecular weight excluding hydrogens is 622 g/mol. The second-order valence-corrected chi connectivity index (χ2v) is 14.4. The summed E-state index contributed by atoms with van der Waals surface area (Å²) < 4.78 is 11.2. The topological polar surface area (TPSA) is 149 Å². The van der Waals surface area contributed by atoms with Gasteiger partial charge in [0.2, 0.25) is 5.91 Å². The highest BCUT2D eigenvalue weighted by atomic mass is 16.7. The normalized spacial score (nSPS) is 22.5. The first kappa shape index (κ1) is 46.0. The maximum absolute atomic E-state index is 12.8. The summed E-state index contributed by atoms with van der Waals surface area (Å²) >= 11 is 0. The van der Waals surface area contributed by atoms with Crippen LogP contribution in [0.3, 0.4) is 0 Å². The van der Waals surface area contributed by atoms with Gasteiger partial charge in [0.1, 0.15) is 24.4 Å². The molecule has 0 aromatic rings. The lowest BCUT2D eigenvalue weighted by atomic mass is 9.99. The molecule has 1 heterocycles. The smallest absolute Gasteiger partial charge is 0.220 e. The molecule has 1 saturated heterocycles. The molecule has 0 saturated carbocycles. The molecule has 0 radical (unpaired) electrons. The number of amides is 1. The van der Waals surface area contributed by atoms with Crippen LogP contribution in [0.25, 0.3) is 0 Å². The molecule has 1 rings (SSSR count). The molecule has 9 nitrogen and oxygen atoms in total. The second kappa shape index (κ2) is 31.6. The Morgan fingerprint density at radius 2 is 1.12 bits per heavy atom. The third-order valence-electron chi connectivity index (χ3n) is 9.86. The van der Waals surface area contributed by atoms with E-state index < -0.39 is 49.5 Å².